The Morgan fingerprint density at radius 1 is 1.29 bits per heavy atom. The molecule has 0 N–H and O–H groups in total. The number of thioether (sulfide) groups is 1. The zero-order valence-corrected chi connectivity index (χ0v) is 8.82. The van der Waals surface area contributed by atoms with Gasteiger partial charge in [-0.15, -0.1) is 10.2 Å². The molecule has 4 nitrogen and oxygen atoms in total. The van der Waals surface area contributed by atoms with Crippen LogP contribution in [0.25, 0.3) is 11.5 Å². The molecule has 0 aliphatic carbocycles. The normalized spacial score (nSPS) is 10.4. The van der Waals surface area contributed by atoms with E-state index in [1.165, 1.54) is 0 Å². The number of hydrogen-bond acceptors (Lipinski definition) is 4. The van der Waals surface area contributed by atoms with Crippen LogP contribution in [-0.4, -0.2) is 26.0 Å². The van der Waals surface area contributed by atoms with Crippen molar-refractivity contribution in [2.24, 2.45) is 7.05 Å². The number of hydrogen-bond donors (Lipinski definition) is 0. The lowest BCUT2D eigenvalue weighted by atomic mass is 10.3. The maximum Gasteiger partial charge on any atom is 0.191 e. The van der Waals surface area contributed by atoms with E-state index >= 15 is 0 Å². The quantitative estimate of drug-likeness (QED) is 0.700. The van der Waals surface area contributed by atoms with E-state index in [0.717, 1.165) is 16.7 Å². The zero-order chi connectivity index (χ0) is 9.97. The molecule has 5 heteroatoms. The highest BCUT2D eigenvalue weighted by molar-refractivity contribution is 7.98. The van der Waals surface area contributed by atoms with E-state index in [4.69, 9.17) is 0 Å². The van der Waals surface area contributed by atoms with Crippen molar-refractivity contribution in [2.75, 3.05) is 6.26 Å². The minimum atomic E-state index is 0.801. The Hall–Kier alpha value is -1.36. The van der Waals surface area contributed by atoms with Gasteiger partial charge in [-0.25, -0.2) is 0 Å². The predicted octanol–water partition coefficient (Wildman–Crippen LogP) is 1.60. The highest BCUT2D eigenvalue weighted by atomic mass is 32.2. The predicted molar refractivity (Wildman–Crippen MR) is 56.0 cm³/mol. The van der Waals surface area contributed by atoms with Gasteiger partial charge < -0.3 is 4.57 Å². The van der Waals surface area contributed by atoms with Crippen molar-refractivity contribution in [2.45, 2.75) is 5.16 Å². The fraction of sp³-hybridized carbons (Fsp3) is 0.222. The second kappa shape index (κ2) is 3.79. The summed E-state index contributed by atoms with van der Waals surface area (Å²) < 4.78 is 1.94. The van der Waals surface area contributed by atoms with Gasteiger partial charge in [-0.3, -0.25) is 4.98 Å². The molecule has 0 saturated carbocycles. The third-order valence-electron chi connectivity index (χ3n) is 1.91. The average molecular weight is 206 g/mol. The van der Waals surface area contributed by atoms with Gasteiger partial charge in [0.2, 0.25) is 0 Å². The monoisotopic (exact) mass is 206 g/mol. The van der Waals surface area contributed by atoms with Gasteiger partial charge in [-0.2, -0.15) is 0 Å². The minimum Gasteiger partial charge on any atom is -0.304 e. The fourth-order valence-corrected chi connectivity index (χ4v) is 1.69. The van der Waals surface area contributed by atoms with Crippen molar-refractivity contribution in [1.29, 1.82) is 0 Å². The van der Waals surface area contributed by atoms with Crippen LogP contribution in [0.3, 0.4) is 0 Å². The van der Waals surface area contributed by atoms with Gasteiger partial charge in [0.05, 0.1) is 0 Å². The van der Waals surface area contributed by atoms with Gasteiger partial charge >= 0.3 is 0 Å². The fourth-order valence-electron chi connectivity index (χ4n) is 1.21. The van der Waals surface area contributed by atoms with E-state index in [9.17, 15) is 0 Å². The SMILES string of the molecule is CSc1nnc(-c2ccccn2)n1C. The van der Waals surface area contributed by atoms with Gasteiger partial charge in [0.1, 0.15) is 5.69 Å². The molecular formula is C9H10N4S. The lowest BCUT2D eigenvalue weighted by molar-refractivity contribution is 0.794. The van der Waals surface area contributed by atoms with Gasteiger partial charge in [-0.1, -0.05) is 17.8 Å². The molecule has 0 unspecified atom stereocenters. The largest absolute Gasteiger partial charge is 0.304 e. The van der Waals surface area contributed by atoms with E-state index in [1.807, 2.05) is 36.1 Å². The molecule has 72 valence electrons. The number of rotatable bonds is 2. The second-order valence-corrected chi connectivity index (χ2v) is 3.56. The van der Waals surface area contributed by atoms with E-state index in [2.05, 4.69) is 15.2 Å². The molecule has 0 spiro atoms. The maximum atomic E-state index is 4.22. The van der Waals surface area contributed by atoms with Crippen LogP contribution in [-0.2, 0) is 7.05 Å². The van der Waals surface area contributed by atoms with Crippen LogP contribution >= 0.6 is 11.8 Å². The van der Waals surface area contributed by atoms with Crippen molar-refractivity contribution >= 4 is 11.8 Å². The molecule has 0 fully saturated rings. The molecule has 0 bridgehead atoms. The Morgan fingerprint density at radius 3 is 2.71 bits per heavy atom. The molecule has 0 amide bonds. The summed E-state index contributed by atoms with van der Waals surface area (Å²) in [4.78, 5) is 4.22. The van der Waals surface area contributed by atoms with E-state index < -0.39 is 0 Å². The first-order valence-corrected chi connectivity index (χ1v) is 5.40. The summed E-state index contributed by atoms with van der Waals surface area (Å²) in [6, 6.07) is 5.75. The summed E-state index contributed by atoms with van der Waals surface area (Å²) in [5.74, 6) is 0.801. The van der Waals surface area contributed by atoms with Gasteiger partial charge in [-0.05, 0) is 18.4 Å². The molecule has 0 aliphatic heterocycles. The molecule has 2 rings (SSSR count). The molecule has 0 radical (unpaired) electrons. The first-order chi connectivity index (χ1) is 6.83. The molecule has 2 aromatic heterocycles. The second-order valence-electron chi connectivity index (χ2n) is 2.78. The number of aromatic nitrogens is 4. The van der Waals surface area contributed by atoms with Crippen LogP contribution in [0.1, 0.15) is 0 Å². The maximum absolute atomic E-state index is 4.22. The lowest BCUT2D eigenvalue weighted by Gasteiger charge is -2.00. The minimum absolute atomic E-state index is 0.801. The number of pyridine rings is 1. The summed E-state index contributed by atoms with van der Waals surface area (Å²) in [5, 5.41) is 9.03. The van der Waals surface area contributed by atoms with Crippen LogP contribution in [0.5, 0.6) is 0 Å². The van der Waals surface area contributed by atoms with Gasteiger partial charge in [0.25, 0.3) is 0 Å². The summed E-state index contributed by atoms with van der Waals surface area (Å²) >= 11 is 1.57. The molecule has 0 aliphatic rings. The van der Waals surface area contributed by atoms with Gasteiger partial charge in [0.15, 0.2) is 11.0 Å². The zero-order valence-electron chi connectivity index (χ0n) is 8.01. The van der Waals surface area contributed by atoms with Crippen LogP contribution in [0.4, 0.5) is 0 Å². The van der Waals surface area contributed by atoms with E-state index in [-0.39, 0.29) is 0 Å². The van der Waals surface area contributed by atoms with Crippen molar-refractivity contribution in [3.8, 4) is 11.5 Å². The summed E-state index contributed by atoms with van der Waals surface area (Å²) in [6.45, 7) is 0. The molecule has 0 saturated heterocycles. The topological polar surface area (TPSA) is 43.6 Å². The van der Waals surface area contributed by atoms with E-state index in [1.54, 1.807) is 18.0 Å². The summed E-state index contributed by atoms with van der Waals surface area (Å²) in [6.07, 6.45) is 3.73. The highest BCUT2D eigenvalue weighted by Crippen LogP contribution is 2.18. The lowest BCUT2D eigenvalue weighted by Crippen LogP contribution is -1.95. The molecule has 14 heavy (non-hydrogen) atoms. The van der Waals surface area contributed by atoms with Gasteiger partial charge in [0, 0.05) is 13.2 Å². The van der Waals surface area contributed by atoms with Crippen LogP contribution in [0, 0.1) is 0 Å². The third kappa shape index (κ3) is 1.50. The first kappa shape index (κ1) is 9.21. The summed E-state index contributed by atoms with van der Waals surface area (Å²) in [5.41, 5.74) is 0.850. The van der Waals surface area contributed by atoms with E-state index in [0.29, 0.717) is 0 Å². The summed E-state index contributed by atoms with van der Waals surface area (Å²) in [7, 11) is 1.94. The molecule has 0 aromatic carbocycles. The molecule has 2 aromatic rings. The smallest absolute Gasteiger partial charge is 0.191 e. The first-order valence-electron chi connectivity index (χ1n) is 4.17. The van der Waals surface area contributed by atoms with Crippen molar-refractivity contribution in [3.05, 3.63) is 24.4 Å². The molecule has 2 heterocycles. The van der Waals surface area contributed by atoms with Crippen LogP contribution in [0.15, 0.2) is 29.6 Å². The van der Waals surface area contributed by atoms with Crippen molar-refractivity contribution in [3.63, 3.8) is 0 Å². The molecular weight excluding hydrogens is 196 g/mol. The molecule has 0 atom stereocenters. The number of nitrogens with zero attached hydrogens (tertiary/aromatic N) is 4. The Morgan fingerprint density at radius 2 is 2.14 bits per heavy atom. The highest BCUT2D eigenvalue weighted by Gasteiger charge is 2.09. The van der Waals surface area contributed by atoms with Crippen molar-refractivity contribution in [1.82, 2.24) is 19.7 Å². The van der Waals surface area contributed by atoms with Crippen LogP contribution < -0.4 is 0 Å². The van der Waals surface area contributed by atoms with Crippen LogP contribution in [0.2, 0.25) is 0 Å². The standard InChI is InChI=1S/C9H10N4S/c1-13-8(11-12-9(13)14-2)7-5-3-4-6-10-7/h3-6H,1-2H3. The average Bonchev–Trinajstić information content (AvgIpc) is 2.61. The van der Waals surface area contributed by atoms with Crippen molar-refractivity contribution < 1.29 is 0 Å². The Kier molecular flexibility index (Phi) is 2.49. The Balaban J connectivity index is 2.48. The Bertz CT molecular complexity index is 424. The Labute approximate surface area is 86.4 Å². The third-order valence-corrected chi connectivity index (χ3v) is 2.63.